The zero-order chi connectivity index (χ0) is 17.9. The number of nitrogens with zero attached hydrogens (tertiary/aromatic N) is 2. The molecule has 0 unspecified atom stereocenters. The predicted octanol–water partition coefficient (Wildman–Crippen LogP) is 5.91. The highest BCUT2D eigenvalue weighted by Gasteiger charge is 2.18. The van der Waals surface area contributed by atoms with Crippen LogP contribution >= 0.6 is 11.8 Å². The molecule has 26 heavy (non-hydrogen) atoms. The van der Waals surface area contributed by atoms with Gasteiger partial charge in [-0.15, -0.1) is 0 Å². The number of thioether (sulfide) groups is 1. The number of aromatic nitrogens is 2. The van der Waals surface area contributed by atoms with E-state index in [1.807, 2.05) is 74.5 Å². The maximum atomic E-state index is 6.13. The van der Waals surface area contributed by atoms with Gasteiger partial charge < -0.3 is 8.94 Å². The molecule has 0 N–H and O–H groups in total. The van der Waals surface area contributed by atoms with Gasteiger partial charge in [0, 0.05) is 22.4 Å². The van der Waals surface area contributed by atoms with Crippen molar-refractivity contribution in [2.24, 2.45) is 0 Å². The molecular formula is C21H18N2O2S. The third-order valence-electron chi connectivity index (χ3n) is 4.21. The van der Waals surface area contributed by atoms with Gasteiger partial charge in [0.2, 0.25) is 0 Å². The fraction of sp³-hybridized carbons (Fsp3) is 0.143. The molecule has 4 nitrogen and oxygen atoms in total. The summed E-state index contributed by atoms with van der Waals surface area (Å²) in [4.78, 5) is 4.76. The number of rotatable bonds is 5. The number of oxazole rings is 1. The Kier molecular flexibility index (Phi) is 4.63. The minimum atomic E-state index is 0.641. The minimum absolute atomic E-state index is 0.641. The average molecular weight is 362 g/mol. The maximum Gasteiger partial charge on any atom is 0.257 e. The lowest BCUT2D eigenvalue weighted by molar-refractivity contribution is 0.392. The number of aryl methyl sites for hydroxylation is 2. The van der Waals surface area contributed by atoms with E-state index in [1.54, 1.807) is 11.8 Å². The summed E-state index contributed by atoms with van der Waals surface area (Å²) < 4.78 is 11.4. The lowest BCUT2D eigenvalue weighted by Crippen LogP contribution is -1.85. The third kappa shape index (κ3) is 3.30. The standard InChI is InChI=1S/C21H18N2O2S/c1-14-18(15(2)25-23-14)13-26-21-22-19(16-9-5-3-6-10-16)20(24-21)17-11-7-4-8-12-17/h3-12H,13H2,1-2H3. The van der Waals surface area contributed by atoms with Crippen LogP contribution in [-0.4, -0.2) is 10.1 Å². The number of hydrogen-bond acceptors (Lipinski definition) is 5. The van der Waals surface area contributed by atoms with Crippen molar-refractivity contribution in [3.05, 3.63) is 77.7 Å². The molecule has 4 rings (SSSR count). The molecule has 130 valence electrons. The molecule has 4 aromatic rings. The van der Waals surface area contributed by atoms with E-state index in [9.17, 15) is 0 Å². The van der Waals surface area contributed by atoms with Crippen LogP contribution in [0.5, 0.6) is 0 Å². The summed E-state index contributed by atoms with van der Waals surface area (Å²) in [6.45, 7) is 3.88. The maximum absolute atomic E-state index is 6.13. The zero-order valence-electron chi connectivity index (χ0n) is 14.6. The van der Waals surface area contributed by atoms with Crippen LogP contribution in [0, 0.1) is 13.8 Å². The Bertz CT molecular complexity index is 931. The lowest BCUT2D eigenvalue weighted by atomic mass is 10.1. The summed E-state index contributed by atoms with van der Waals surface area (Å²) in [5, 5.41) is 4.65. The molecule has 0 atom stereocenters. The first-order chi connectivity index (χ1) is 12.7. The Morgan fingerprint density at radius 3 is 2.15 bits per heavy atom. The molecule has 0 fully saturated rings. The molecule has 0 aliphatic heterocycles. The van der Waals surface area contributed by atoms with E-state index in [4.69, 9.17) is 13.9 Å². The summed E-state index contributed by atoms with van der Waals surface area (Å²) in [7, 11) is 0. The van der Waals surface area contributed by atoms with Crippen LogP contribution in [0.2, 0.25) is 0 Å². The average Bonchev–Trinajstić information content (AvgIpc) is 3.25. The normalized spacial score (nSPS) is 11.0. The largest absolute Gasteiger partial charge is 0.431 e. The lowest BCUT2D eigenvalue weighted by Gasteiger charge is -2.00. The summed E-state index contributed by atoms with van der Waals surface area (Å²) in [6, 6.07) is 20.2. The van der Waals surface area contributed by atoms with Crippen LogP contribution in [0.15, 0.2) is 74.8 Å². The Morgan fingerprint density at radius 1 is 0.885 bits per heavy atom. The van der Waals surface area contributed by atoms with Crippen molar-refractivity contribution < 1.29 is 8.94 Å². The molecule has 0 aliphatic carbocycles. The van der Waals surface area contributed by atoms with E-state index < -0.39 is 0 Å². The van der Waals surface area contributed by atoms with Gasteiger partial charge in [-0.2, -0.15) is 0 Å². The molecule has 0 saturated heterocycles. The molecular weight excluding hydrogens is 344 g/mol. The summed E-state index contributed by atoms with van der Waals surface area (Å²) in [5.74, 6) is 2.34. The Balaban J connectivity index is 1.70. The van der Waals surface area contributed by atoms with Crippen molar-refractivity contribution in [2.45, 2.75) is 24.8 Å². The van der Waals surface area contributed by atoms with Gasteiger partial charge in [0.15, 0.2) is 5.76 Å². The topological polar surface area (TPSA) is 52.1 Å². The van der Waals surface area contributed by atoms with Crippen molar-refractivity contribution >= 4 is 11.8 Å². The van der Waals surface area contributed by atoms with E-state index in [0.29, 0.717) is 11.0 Å². The summed E-state index contributed by atoms with van der Waals surface area (Å²) in [6.07, 6.45) is 0. The van der Waals surface area contributed by atoms with Crippen molar-refractivity contribution in [2.75, 3.05) is 0 Å². The summed E-state index contributed by atoms with van der Waals surface area (Å²) in [5.41, 5.74) is 4.92. The fourth-order valence-electron chi connectivity index (χ4n) is 2.78. The highest BCUT2D eigenvalue weighted by atomic mass is 32.2. The van der Waals surface area contributed by atoms with Crippen LogP contribution in [0.4, 0.5) is 0 Å². The Morgan fingerprint density at radius 2 is 1.54 bits per heavy atom. The van der Waals surface area contributed by atoms with E-state index in [1.165, 1.54) is 0 Å². The second-order valence-electron chi connectivity index (χ2n) is 5.98. The quantitative estimate of drug-likeness (QED) is 0.413. The Labute approximate surface area is 156 Å². The van der Waals surface area contributed by atoms with E-state index in [-0.39, 0.29) is 0 Å². The van der Waals surface area contributed by atoms with Crippen LogP contribution in [0.1, 0.15) is 17.0 Å². The number of hydrogen-bond donors (Lipinski definition) is 0. The SMILES string of the molecule is Cc1noc(C)c1CSc1nc(-c2ccccc2)c(-c2ccccc2)o1. The van der Waals surface area contributed by atoms with E-state index >= 15 is 0 Å². The third-order valence-corrected chi connectivity index (χ3v) is 5.07. The highest BCUT2D eigenvalue weighted by molar-refractivity contribution is 7.98. The molecule has 0 aliphatic rings. The van der Waals surface area contributed by atoms with Crippen molar-refractivity contribution in [3.8, 4) is 22.6 Å². The predicted molar refractivity (Wildman–Crippen MR) is 103 cm³/mol. The molecule has 2 heterocycles. The molecule has 5 heteroatoms. The van der Waals surface area contributed by atoms with Crippen molar-refractivity contribution in [3.63, 3.8) is 0 Å². The van der Waals surface area contributed by atoms with E-state index in [2.05, 4.69) is 5.16 Å². The van der Waals surface area contributed by atoms with Crippen LogP contribution < -0.4 is 0 Å². The first kappa shape index (κ1) is 16.7. The summed E-state index contributed by atoms with van der Waals surface area (Å²) >= 11 is 1.55. The van der Waals surface area contributed by atoms with Gasteiger partial charge in [-0.25, -0.2) is 4.98 Å². The molecule has 0 saturated carbocycles. The molecule has 0 radical (unpaired) electrons. The first-order valence-corrected chi connectivity index (χ1v) is 9.37. The Hall–Kier alpha value is -2.79. The van der Waals surface area contributed by atoms with Gasteiger partial charge in [-0.3, -0.25) is 0 Å². The van der Waals surface area contributed by atoms with Gasteiger partial charge in [0.05, 0.1) is 5.69 Å². The molecule has 0 bridgehead atoms. The van der Waals surface area contributed by atoms with Gasteiger partial charge in [0.1, 0.15) is 11.5 Å². The van der Waals surface area contributed by atoms with Gasteiger partial charge >= 0.3 is 0 Å². The fourth-order valence-corrected chi connectivity index (χ4v) is 3.76. The molecule has 2 aromatic carbocycles. The van der Waals surface area contributed by atoms with Crippen LogP contribution in [0.3, 0.4) is 0 Å². The number of benzene rings is 2. The first-order valence-electron chi connectivity index (χ1n) is 8.38. The molecule has 0 spiro atoms. The van der Waals surface area contributed by atoms with Gasteiger partial charge in [-0.1, -0.05) is 77.6 Å². The molecule has 0 amide bonds. The monoisotopic (exact) mass is 362 g/mol. The second kappa shape index (κ2) is 7.22. The van der Waals surface area contributed by atoms with Gasteiger partial charge in [-0.05, 0) is 13.8 Å². The second-order valence-corrected chi connectivity index (χ2v) is 6.91. The molecule has 2 aromatic heterocycles. The van der Waals surface area contributed by atoms with Crippen LogP contribution in [0.25, 0.3) is 22.6 Å². The van der Waals surface area contributed by atoms with Crippen molar-refractivity contribution in [1.29, 1.82) is 0 Å². The van der Waals surface area contributed by atoms with Crippen LogP contribution in [-0.2, 0) is 5.75 Å². The highest BCUT2D eigenvalue weighted by Crippen LogP contribution is 2.36. The van der Waals surface area contributed by atoms with Crippen molar-refractivity contribution in [1.82, 2.24) is 10.1 Å². The zero-order valence-corrected chi connectivity index (χ0v) is 15.4. The minimum Gasteiger partial charge on any atom is -0.431 e. The smallest absolute Gasteiger partial charge is 0.257 e. The van der Waals surface area contributed by atoms with E-state index in [0.717, 1.165) is 39.6 Å². The van der Waals surface area contributed by atoms with Gasteiger partial charge in [0.25, 0.3) is 5.22 Å².